The Balaban J connectivity index is 2.28. The summed E-state index contributed by atoms with van der Waals surface area (Å²) in [6.07, 6.45) is 11.9. The van der Waals surface area contributed by atoms with E-state index in [9.17, 15) is 0 Å². The highest BCUT2D eigenvalue weighted by Gasteiger charge is 2.23. The van der Waals surface area contributed by atoms with Gasteiger partial charge in [0.25, 0.3) is 0 Å². The standard InChI is InChI=1S/C11H14/c1-9-7-8-10-5-3-2-4-6-11(9)10/h2,4,6,10H,1,3,5,7-8H2. The first kappa shape index (κ1) is 6.90. The Kier molecular flexibility index (Phi) is 1.69. The molecule has 0 N–H and O–H groups in total. The largest absolute Gasteiger partial charge is 0.0955 e. The van der Waals surface area contributed by atoms with E-state index >= 15 is 0 Å². The summed E-state index contributed by atoms with van der Waals surface area (Å²) in [4.78, 5) is 0. The van der Waals surface area contributed by atoms with Gasteiger partial charge in [0.05, 0.1) is 0 Å². The molecule has 0 aromatic carbocycles. The highest BCUT2D eigenvalue weighted by Crippen LogP contribution is 2.38. The van der Waals surface area contributed by atoms with Crippen LogP contribution in [0.4, 0.5) is 0 Å². The quantitative estimate of drug-likeness (QED) is 0.492. The topological polar surface area (TPSA) is 0 Å². The van der Waals surface area contributed by atoms with Crippen LogP contribution in [0.5, 0.6) is 0 Å². The van der Waals surface area contributed by atoms with Gasteiger partial charge in [0.2, 0.25) is 0 Å². The molecule has 1 atom stereocenters. The Labute approximate surface area is 68.3 Å². The van der Waals surface area contributed by atoms with Crippen molar-refractivity contribution in [3.8, 4) is 0 Å². The monoisotopic (exact) mass is 146 g/mol. The van der Waals surface area contributed by atoms with Crippen LogP contribution < -0.4 is 0 Å². The molecule has 0 aliphatic heterocycles. The first-order valence-electron chi connectivity index (χ1n) is 4.43. The molecule has 0 heteroatoms. The van der Waals surface area contributed by atoms with Crippen molar-refractivity contribution < 1.29 is 0 Å². The van der Waals surface area contributed by atoms with Gasteiger partial charge in [-0.05, 0) is 37.2 Å². The first-order valence-corrected chi connectivity index (χ1v) is 4.43. The fraction of sp³-hybridized carbons (Fsp3) is 0.455. The molecule has 58 valence electrons. The SMILES string of the molecule is C=C1CCC2CCC=CC=C12. The third-order valence-corrected chi connectivity index (χ3v) is 2.74. The zero-order valence-electron chi connectivity index (χ0n) is 6.84. The maximum absolute atomic E-state index is 4.08. The average Bonchev–Trinajstić information content (AvgIpc) is 2.25. The fourth-order valence-corrected chi connectivity index (χ4v) is 2.06. The number of hydrogen-bond acceptors (Lipinski definition) is 0. The predicted molar refractivity (Wildman–Crippen MR) is 48.3 cm³/mol. The second-order valence-corrected chi connectivity index (χ2v) is 3.47. The molecule has 1 fully saturated rings. The lowest BCUT2D eigenvalue weighted by Crippen LogP contribution is -1.94. The molecule has 0 nitrogen and oxygen atoms in total. The van der Waals surface area contributed by atoms with Crippen molar-refractivity contribution in [2.75, 3.05) is 0 Å². The van der Waals surface area contributed by atoms with Gasteiger partial charge in [-0.1, -0.05) is 30.4 Å². The van der Waals surface area contributed by atoms with Crippen LogP contribution in [0.25, 0.3) is 0 Å². The molecule has 0 aromatic rings. The molecule has 0 radical (unpaired) electrons. The van der Waals surface area contributed by atoms with Crippen LogP contribution in [-0.4, -0.2) is 0 Å². The van der Waals surface area contributed by atoms with E-state index in [0.29, 0.717) is 0 Å². The Hall–Kier alpha value is -0.780. The van der Waals surface area contributed by atoms with Crippen molar-refractivity contribution in [3.05, 3.63) is 36.0 Å². The van der Waals surface area contributed by atoms with E-state index in [2.05, 4.69) is 24.8 Å². The Bertz CT molecular complexity index is 230. The lowest BCUT2D eigenvalue weighted by molar-refractivity contribution is 0.582. The van der Waals surface area contributed by atoms with Crippen LogP contribution in [-0.2, 0) is 0 Å². The summed E-state index contributed by atoms with van der Waals surface area (Å²) in [5, 5.41) is 0. The maximum Gasteiger partial charge on any atom is -0.0153 e. The Morgan fingerprint density at radius 3 is 3.18 bits per heavy atom. The molecule has 0 aromatic heterocycles. The normalized spacial score (nSPS) is 29.6. The predicted octanol–water partition coefficient (Wildman–Crippen LogP) is 3.23. The van der Waals surface area contributed by atoms with Gasteiger partial charge in [-0.2, -0.15) is 0 Å². The second kappa shape index (κ2) is 2.69. The number of hydrogen-bond donors (Lipinski definition) is 0. The summed E-state index contributed by atoms with van der Waals surface area (Å²) in [6, 6.07) is 0. The molecule has 0 spiro atoms. The van der Waals surface area contributed by atoms with Gasteiger partial charge < -0.3 is 0 Å². The number of rotatable bonds is 0. The van der Waals surface area contributed by atoms with Crippen molar-refractivity contribution in [3.63, 3.8) is 0 Å². The van der Waals surface area contributed by atoms with E-state index in [1.165, 1.54) is 36.8 Å². The highest BCUT2D eigenvalue weighted by molar-refractivity contribution is 5.38. The minimum absolute atomic E-state index is 0.831. The molecule has 1 unspecified atom stereocenters. The lowest BCUT2D eigenvalue weighted by Gasteiger charge is -2.07. The number of allylic oxidation sites excluding steroid dienone is 5. The Morgan fingerprint density at radius 1 is 1.36 bits per heavy atom. The number of fused-ring (bicyclic) bond motifs is 1. The third-order valence-electron chi connectivity index (χ3n) is 2.74. The van der Waals surface area contributed by atoms with Gasteiger partial charge in [-0.25, -0.2) is 0 Å². The highest BCUT2D eigenvalue weighted by atomic mass is 14.3. The summed E-state index contributed by atoms with van der Waals surface area (Å²) in [7, 11) is 0. The molecule has 1 saturated carbocycles. The van der Waals surface area contributed by atoms with Crippen LogP contribution in [0.15, 0.2) is 36.0 Å². The van der Waals surface area contributed by atoms with E-state index in [-0.39, 0.29) is 0 Å². The molecule has 2 aliphatic rings. The van der Waals surface area contributed by atoms with Crippen LogP contribution in [0.1, 0.15) is 25.7 Å². The fourth-order valence-electron chi connectivity index (χ4n) is 2.06. The minimum Gasteiger partial charge on any atom is -0.0955 e. The van der Waals surface area contributed by atoms with E-state index in [1.807, 2.05) is 0 Å². The molecule has 0 saturated heterocycles. The molecule has 0 amide bonds. The van der Waals surface area contributed by atoms with Crippen LogP contribution in [0, 0.1) is 5.92 Å². The van der Waals surface area contributed by atoms with Gasteiger partial charge in [-0.15, -0.1) is 0 Å². The molecule has 0 heterocycles. The average molecular weight is 146 g/mol. The maximum atomic E-state index is 4.08. The van der Waals surface area contributed by atoms with Crippen molar-refractivity contribution in [1.29, 1.82) is 0 Å². The third kappa shape index (κ3) is 1.18. The summed E-state index contributed by atoms with van der Waals surface area (Å²) in [5.41, 5.74) is 2.90. The first-order chi connectivity index (χ1) is 5.38. The van der Waals surface area contributed by atoms with E-state index in [1.54, 1.807) is 0 Å². The summed E-state index contributed by atoms with van der Waals surface area (Å²) >= 11 is 0. The minimum atomic E-state index is 0.831. The van der Waals surface area contributed by atoms with Crippen molar-refractivity contribution in [1.82, 2.24) is 0 Å². The van der Waals surface area contributed by atoms with Crippen molar-refractivity contribution in [2.45, 2.75) is 25.7 Å². The summed E-state index contributed by atoms with van der Waals surface area (Å²) < 4.78 is 0. The van der Waals surface area contributed by atoms with Gasteiger partial charge in [0, 0.05) is 0 Å². The molecular formula is C11H14. The zero-order chi connectivity index (χ0) is 7.68. The van der Waals surface area contributed by atoms with Crippen molar-refractivity contribution in [2.24, 2.45) is 5.92 Å². The van der Waals surface area contributed by atoms with E-state index < -0.39 is 0 Å². The van der Waals surface area contributed by atoms with E-state index in [0.717, 1.165) is 5.92 Å². The van der Waals surface area contributed by atoms with E-state index in [4.69, 9.17) is 0 Å². The van der Waals surface area contributed by atoms with Gasteiger partial charge >= 0.3 is 0 Å². The van der Waals surface area contributed by atoms with Crippen molar-refractivity contribution >= 4 is 0 Å². The molecule has 2 rings (SSSR count). The zero-order valence-corrected chi connectivity index (χ0v) is 6.84. The molecular weight excluding hydrogens is 132 g/mol. The summed E-state index contributed by atoms with van der Waals surface area (Å²) in [6.45, 7) is 4.08. The molecule has 2 aliphatic carbocycles. The van der Waals surface area contributed by atoms with Crippen LogP contribution in [0.2, 0.25) is 0 Å². The Morgan fingerprint density at radius 2 is 2.27 bits per heavy atom. The second-order valence-electron chi connectivity index (χ2n) is 3.47. The van der Waals surface area contributed by atoms with Crippen LogP contribution >= 0.6 is 0 Å². The van der Waals surface area contributed by atoms with Gasteiger partial charge in [0.1, 0.15) is 0 Å². The summed E-state index contributed by atoms with van der Waals surface area (Å²) in [5.74, 6) is 0.831. The van der Waals surface area contributed by atoms with Crippen LogP contribution in [0.3, 0.4) is 0 Å². The lowest BCUT2D eigenvalue weighted by atomic mass is 9.98. The van der Waals surface area contributed by atoms with Gasteiger partial charge in [-0.3, -0.25) is 0 Å². The smallest absolute Gasteiger partial charge is 0.0153 e. The molecule has 11 heavy (non-hydrogen) atoms. The molecule has 0 bridgehead atoms. The van der Waals surface area contributed by atoms with Gasteiger partial charge in [0.15, 0.2) is 0 Å².